The second kappa shape index (κ2) is 10.0. The van der Waals surface area contributed by atoms with E-state index in [1.54, 1.807) is 11.8 Å². The van der Waals surface area contributed by atoms with Gasteiger partial charge in [0.25, 0.3) is 0 Å². The van der Waals surface area contributed by atoms with Gasteiger partial charge in [0.05, 0.1) is 6.42 Å². The number of hydrogen-bond acceptors (Lipinski definition) is 3. The molecule has 0 saturated carbocycles. The van der Waals surface area contributed by atoms with Crippen LogP contribution in [0, 0.1) is 0 Å². The normalized spacial score (nSPS) is 19.5. The summed E-state index contributed by atoms with van der Waals surface area (Å²) in [4.78, 5) is 37.2. The average Bonchev–Trinajstić information content (AvgIpc) is 2.53. The Morgan fingerprint density at radius 3 is 2.72 bits per heavy atom. The summed E-state index contributed by atoms with van der Waals surface area (Å²) in [5, 5.41) is 11.5. The quantitative estimate of drug-likeness (QED) is 0.626. The molecule has 0 aliphatic carbocycles. The number of nitrogens with one attached hydrogen (secondary N) is 1. The largest absolute Gasteiger partial charge is 0.481 e. The average molecular weight is 350 g/mol. The zero-order valence-electron chi connectivity index (χ0n) is 15.5. The van der Waals surface area contributed by atoms with E-state index >= 15 is 0 Å². The van der Waals surface area contributed by atoms with E-state index in [9.17, 15) is 14.4 Å². The van der Waals surface area contributed by atoms with E-state index in [0.29, 0.717) is 25.8 Å². The van der Waals surface area contributed by atoms with Gasteiger partial charge in [0, 0.05) is 19.0 Å². The number of rotatable bonds is 9. The Labute approximate surface area is 150 Å². The van der Waals surface area contributed by atoms with Crippen LogP contribution in [0.3, 0.4) is 0 Å². The molecular weight excluding hydrogens is 320 g/mol. The molecule has 0 aromatic carbocycles. The SMILES string of the molecule is C=C(CC/C(C)=C\C)CN1C(=O)CCCC1C(=O)NC(C)CC(=O)O. The Morgan fingerprint density at radius 1 is 1.44 bits per heavy atom. The van der Waals surface area contributed by atoms with Gasteiger partial charge in [0.1, 0.15) is 6.04 Å². The lowest BCUT2D eigenvalue weighted by Crippen LogP contribution is -2.54. The summed E-state index contributed by atoms with van der Waals surface area (Å²) in [6, 6.07) is -1.01. The van der Waals surface area contributed by atoms with Crippen molar-refractivity contribution in [2.75, 3.05) is 6.54 Å². The first kappa shape index (κ1) is 20.9. The maximum Gasteiger partial charge on any atom is 0.305 e. The van der Waals surface area contributed by atoms with E-state index < -0.39 is 18.1 Å². The van der Waals surface area contributed by atoms with Crippen molar-refractivity contribution in [2.45, 2.75) is 71.4 Å². The summed E-state index contributed by atoms with van der Waals surface area (Å²) in [5.41, 5.74) is 2.19. The molecule has 1 aliphatic heterocycles. The molecule has 140 valence electrons. The van der Waals surface area contributed by atoms with Crippen molar-refractivity contribution in [3.05, 3.63) is 23.8 Å². The van der Waals surface area contributed by atoms with E-state index in [-0.39, 0.29) is 18.2 Å². The van der Waals surface area contributed by atoms with Crippen LogP contribution < -0.4 is 5.32 Å². The number of carbonyl (C=O) groups is 3. The fraction of sp³-hybridized carbons (Fsp3) is 0.632. The molecule has 2 unspecified atom stereocenters. The molecule has 6 heteroatoms. The minimum Gasteiger partial charge on any atom is -0.481 e. The van der Waals surface area contributed by atoms with Crippen LogP contribution in [0.2, 0.25) is 0 Å². The van der Waals surface area contributed by atoms with E-state index in [4.69, 9.17) is 5.11 Å². The van der Waals surface area contributed by atoms with Gasteiger partial charge in [-0.25, -0.2) is 0 Å². The van der Waals surface area contributed by atoms with Crippen molar-refractivity contribution in [3.63, 3.8) is 0 Å². The summed E-state index contributed by atoms with van der Waals surface area (Å²) < 4.78 is 0. The molecule has 0 spiro atoms. The van der Waals surface area contributed by atoms with Crippen molar-refractivity contribution < 1.29 is 19.5 Å². The zero-order valence-corrected chi connectivity index (χ0v) is 15.5. The molecule has 0 bridgehead atoms. The first-order valence-electron chi connectivity index (χ1n) is 8.84. The van der Waals surface area contributed by atoms with Crippen molar-refractivity contribution in [1.82, 2.24) is 10.2 Å². The topological polar surface area (TPSA) is 86.7 Å². The summed E-state index contributed by atoms with van der Waals surface area (Å²) in [5.74, 6) is -1.28. The standard InChI is InChI=1S/C19H30N2O4/c1-5-13(2)9-10-14(3)12-21-16(7-6-8-17(21)22)19(25)20-15(4)11-18(23)24/h5,15-16H,3,6-12H2,1-2,4H3,(H,20,25)(H,23,24)/b13-5-. The first-order chi connectivity index (χ1) is 11.7. The highest BCUT2D eigenvalue weighted by Crippen LogP contribution is 2.21. The molecule has 0 aromatic rings. The first-order valence-corrected chi connectivity index (χ1v) is 8.84. The predicted molar refractivity (Wildman–Crippen MR) is 97.0 cm³/mol. The van der Waals surface area contributed by atoms with Crippen LogP contribution in [0.5, 0.6) is 0 Å². The van der Waals surface area contributed by atoms with Crippen LogP contribution >= 0.6 is 0 Å². The van der Waals surface area contributed by atoms with Crippen molar-refractivity contribution >= 4 is 17.8 Å². The molecule has 0 radical (unpaired) electrons. The number of aliphatic carboxylic acids is 1. The van der Waals surface area contributed by atoms with E-state index in [0.717, 1.165) is 18.4 Å². The third kappa shape index (κ3) is 7.11. The van der Waals surface area contributed by atoms with Gasteiger partial charge < -0.3 is 15.3 Å². The number of carboxylic acids is 1. The van der Waals surface area contributed by atoms with Crippen LogP contribution in [-0.2, 0) is 14.4 Å². The lowest BCUT2D eigenvalue weighted by Gasteiger charge is -2.35. The van der Waals surface area contributed by atoms with Crippen LogP contribution in [0.1, 0.15) is 59.3 Å². The van der Waals surface area contributed by atoms with Gasteiger partial charge in [-0.2, -0.15) is 0 Å². The third-order valence-electron chi connectivity index (χ3n) is 4.50. The molecule has 1 heterocycles. The molecular formula is C19H30N2O4. The Balaban J connectivity index is 2.69. The third-order valence-corrected chi connectivity index (χ3v) is 4.50. The number of amides is 2. The maximum atomic E-state index is 12.5. The van der Waals surface area contributed by atoms with Gasteiger partial charge >= 0.3 is 5.97 Å². The van der Waals surface area contributed by atoms with Crippen LogP contribution in [0.4, 0.5) is 0 Å². The molecule has 1 saturated heterocycles. The highest BCUT2D eigenvalue weighted by molar-refractivity contribution is 5.89. The second-order valence-corrected chi connectivity index (χ2v) is 6.82. The highest BCUT2D eigenvalue weighted by atomic mass is 16.4. The number of carbonyl (C=O) groups excluding carboxylic acids is 2. The van der Waals surface area contributed by atoms with Gasteiger partial charge in [-0.05, 0) is 46.5 Å². The fourth-order valence-corrected chi connectivity index (χ4v) is 2.88. The van der Waals surface area contributed by atoms with Crippen molar-refractivity contribution in [3.8, 4) is 0 Å². The number of likely N-dealkylation sites (tertiary alicyclic amines) is 1. The number of nitrogens with zero attached hydrogens (tertiary/aromatic N) is 1. The Bertz CT molecular complexity index is 554. The molecule has 2 amide bonds. The molecule has 0 aromatic heterocycles. The zero-order chi connectivity index (χ0) is 19.0. The molecule has 2 atom stereocenters. The molecule has 1 rings (SSSR count). The number of carboxylic acid groups (broad SMARTS) is 1. The molecule has 2 N–H and O–H groups in total. The number of hydrogen-bond donors (Lipinski definition) is 2. The van der Waals surface area contributed by atoms with Crippen molar-refractivity contribution in [2.24, 2.45) is 0 Å². The summed E-state index contributed by atoms with van der Waals surface area (Å²) in [6.07, 6.45) is 5.30. The van der Waals surface area contributed by atoms with E-state index in [2.05, 4.69) is 24.9 Å². The monoisotopic (exact) mass is 350 g/mol. The molecule has 1 fully saturated rings. The predicted octanol–water partition coefficient (Wildman–Crippen LogP) is 2.65. The van der Waals surface area contributed by atoms with Gasteiger partial charge in [-0.15, -0.1) is 0 Å². The fourth-order valence-electron chi connectivity index (χ4n) is 2.88. The van der Waals surface area contributed by atoms with Crippen LogP contribution in [-0.4, -0.2) is 46.4 Å². The maximum absolute atomic E-state index is 12.5. The molecule has 6 nitrogen and oxygen atoms in total. The smallest absolute Gasteiger partial charge is 0.305 e. The van der Waals surface area contributed by atoms with Crippen LogP contribution in [0.25, 0.3) is 0 Å². The lowest BCUT2D eigenvalue weighted by atomic mass is 9.98. The Morgan fingerprint density at radius 2 is 2.12 bits per heavy atom. The van der Waals surface area contributed by atoms with Gasteiger partial charge in [0.2, 0.25) is 11.8 Å². The Hall–Kier alpha value is -2.11. The highest BCUT2D eigenvalue weighted by Gasteiger charge is 2.33. The van der Waals surface area contributed by atoms with Gasteiger partial charge in [0.15, 0.2) is 0 Å². The van der Waals surface area contributed by atoms with E-state index in [1.165, 1.54) is 5.57 Å². The molecule has 25 heavy (non-hydrogen) atoms. The van der Waals surface area contributed by atoms with Crippen LogP contribution in [0.15, 0.2) is 23.8 Å². The Kier molecular flexibility index (Phi) is 8.38. The lowest BCUT2D eigenvalue weighted by molar-refractivity contribution is -0.144. The minimum atomic E-state index is -0.961. The minimum absolute atomic E-state index is 0.0406. The second-order valence-electron chi connectivity index (χ2n) is 6.82. The van der Waals surface area contributed by atoms with Gasteiger partial charge in [-0.3, -0.25) is 14.4 Å². The summed E-state index contributed by atoms with van der Waals surface area (Å²) in [6.45, 7) is 10.1. The van der Waals surface area contributed by atoms with Gasteiger partial charge in [-0.1, -0.05) is 23.8 Å². The number of piperidine rings is 1. The van der Waals surface area contributed by atoms with E-state index in [1.807, 2.05) is 6.92 Å². The van der Waals surface area contributed by atoms with Crippen molar-refractivity contribution in [1.29, 1.82) is 0 Å². The number of allylic oxidation sites excluding steroid dienone is 2. The molecule has 1 aliphatic rings. The summed E-state index contributed by atoms with van der Waals surface area (Å²) >= 11 is 0. The summed E-state index contributed by atoms with van der Waals surface area (Å²) in [7, 11) is 0.